The minimum absolute atomic E-state index is 0.0139. The molecule has 0 unspecified atom stereocenters. The van der Waals surface area contributed by atoms with Crippen molar-refractivity contribution in [3.8, 4) is 11.1 Å². The van der Waals surface area contributed by atoms with E-state index in [1.807, 2.05) is 48.2 Å². The fraction of sp³-hybridized carbons (Fsp3) is 0.471. The van der Waals surface area contributed by atoms with E-state index in [-0.39, 0.29) is 11.9 Å². The van der Waals surface area contributed by atoms with Gasteiger partial charge < -0.3 is 26.3 Å². The summed E-state index contributed by atoms with van der Waals surface area (Å²) in [6.07, 6.45) is 6.97. The van der Waals surface area contributed by atoms with Crippen LogP contribution >= 0.6 is 24.0 Å². The average Bonchev–Trinajstić information content (AvgIpc) is 3.71. The number of hydrogen-bond acceptors (Lipinski definition) is 7. The first-order valence-electron chi connectivity index (χ1n) is 16.2. The van der Waals surface area contributed by atoms with Gasteiger partial charge in [-0.05, 0) is 63.3 Å². The van der Waals surface area contributed by atoms with E-state index in [0.29, 0.717) is 54.7 Å². The number of nitrogens with two attached hydrogens (primary N) is 1. The quantitative estimate of drug-likeness (QED) is 0.158. The predicted molar refractivity (Wildman–Crippen MR) is 193 cm³/mol. The van der Waals surface area contributed by atoms with E-state index in [1.54, 1.807) is 18.2 Å². The zero-order valence-electron chi connectivity index (χ0n) is 26.5. The van der Waals surface area contributed by atoms with Crippen LogP contribution in [0.25, 0.3) is 22.0 Å². The number of carbonyl (C=O) groups is 1. The van der Waals surface area contributed by atoms with E-state index >= 15 is 0 Å². The Hall–Kier alpha value is -3.06. The summed E-state index contributed by atoms with van der Waals surface area (Å²) in [5.74, 6) is 2.03. The molecule has 0 bridgehead atoms. The number of benzene rings is 2. The van der Waals surface area contributed by atoms with E-state index in [9.17, 15) is 13.2 Å². The molecule has 3 aromatic rings. The molecule has 6 rings (SSSR count). The van der Waals surface area contributed by atoms with E-state index in [4.69, 9.17) is 18.0 Å². The van der Waals surface area contributed by atoms with Crippen molar-refractivity contribution in [1.29, 1.82) is 0 Å². The monoisotopic (exact) mass is 680 g/mol. The van der Waals surface area contributed by atoms with Crippen LogP contribution in [0.4, 0.5) is 5.69 Å². The van der Waals surface area contributed by atoms with Crippen molar-refractivity contribution >= 4 is 61.5 Å². The molecule has 2 aromatic carbocycles. The van der Waals surface area contributed by atoms with E-state index in [2.05, 4.69) is 39.4 Å². The van der Waals surface area contributed by atoms with E-state index in [1.165, 1.54) is 0 Å². The number of piperidine rings is 1. The molecule has 0 aliphatic carbocycles. The third kappa shape index (κ3) is 6.81. The topological polar surface area (TPSA) is 121 Å². The second-order valence-electron chi connectivity index (χ2n) is 12.9. The van der Waals surface area contributed by atoms with Gasteiger partial charge in [0.1, 0.15) is 4.99 Å². The van der Waals surface area contributed by atoms with Gasteiger partial charge in [-0.3, -0.25) is 4.79 Å². The number of fused-ring (bicyclic) bond motifs is 2. The fourth-order valence-corrected chi connectivity index (χ4v) is 9.96. The Balaban J connectivity index is 1.17. The van der Waals surface area contributed by atoms with Crippen molar-refractivity contribution in [2.45, 2.75) is 81.0 Å². The van der Waals surface area contributed by atoms with Gasteiger partial charge in [0.05, 0.1) is 28.7 Å². The Labute approximate surface area is 281 Å². The van der Waals surface area contributed by atoms with Gasteiger partial charge in [-0.25, -0.2) is 12.7 Å². The summed E-state index contributed by atoms with van der Waals surface area (Å²) < 4.78 is 29.5. The summed E-state index contributed by atoms with van der Waals surface area (Å²) in [5.41, 5.74) is 10.6. The molecule has 0 spiro atoms. The first-order chi connectivity index (χ1) is 22.0. The number of nitrogens with zero attached hydrogens (tertiary/aromatic N) is 2. The van der Waals surface area contributed by atoms with Gasteiger partial charge >= 0.3 is 0 Å². The smallest absolute Gasteiger partial charge is 0.224 e. The van der Waals surface area contributed by atoms with Gasteiger partial charge in [-0.15, -0.1) is 0 Å². The molecule has 3 atom stereocenters. The molecule has 1 aromatic heterocycles. The molecule has 3 fully saturated rings. The lowest BCUT2D eigenvalue weighted by molar-refractivity contribution is -0.116. The molecular weight excluding hydrogens is 637 g/mol. The van der Waals surface area contributed by atoms with Gasteiger partial charge in [0.25, 0.3) is 0 Å². The van der Waals surface area contributed by atoms with Crippen LogP contribution in [-0.2, 0) is 14.8 Å². The maximum Gasteiger partial charge on any atom is 0.224 e. The number of thiocarbonyl (C=S) groups is 1. The highest BCUT2D eigenvalue weighted by molar-refractivity contribution is 8.00. The van der Waals surface area contributed by atoms with Gasteiger partial charge in [0.2, 0.25) is 15.9 Å². The minimum Gasteiger partial charge on any atom is -0.389 e. The highest BCUT2D eigenvalue weighted by Crippen LogP contribution is 2.38. The molecular formula is C34H44N6O3S3. The van der Waals surface area contributed by atoms with Crippen molar-refractivity contribution in [2.24, 2.45) is 5.73 Å². The standard InChI is InChI=1S/C34H44N6O3S3/c1-21(2)46(42,43)39-15-13-26(14-16-39)40-19-28(23-7-6-8-24(17-23)34(35)44)27-12-11-25(18-30(27)40)38-32(41)10-5-4-9-31-33-29(20-45-31)36-22(3)37-33/h6-8,11-12,17-19,21,26,29,31,33,36-37H,3-5,9-10,13-16,20H2,1-2H3,(H2,35,44)(H,38,41)/t29-,31-,33-/m0/s1. The average molecular weight is 681 g/mol. The molecule has 246 valence electrons. The molecule has 4 heterocycles. The molecule has 9 nitrogen and oxygen atoms in total. The number of hydrogen-bond donors (Lipinski definition) is 4. The van der Waals surface area contributed by atoms with Crippen LogP contribution in [0.15, 0.2) is 61.1 Å². The maximum absolute atomic E-state index is 13.0. The summed E-state index contributed by atoms with van der Waals surface area (Å²) in [5, 5.41) is 11.2. The summed E-state index contributed by atoms with van der Waals surface area (Å²) in [7, 11) is -3.30. The molecule has 3 aliphatic rings. The third-order valence-corrected chi connectivity index (χ3v) is 13.5. The molecule has 0 saturated carbocycles. The van der Waals surface area contributed by atoms with Gasteiger partial charge in [0, 0.05) is 65.0 Å². The van der Waals surface area contributed by atoms with Crippen LogP contribution in [0, 0.1) is 0 Å². The van der Waals surface area contributed by atoms with Crippen molar-refractivity contribution < 1.29 is 13.2 Å². The zero-order chi connectivity index (χ0) is 32.6. The molecule has 1 amide bonds. The van der Waals surface area contributed by atoms with Crippen LogP contribution < -0.4 is 21.7 Å². The second-order valence-corrected chi connectivity index (χ2v) is 17.1. The van der Waals surface area contributed by atoms with Gasteiger partial charge in [-0.2, -0.15) is 11.8 Å². The molecule has 3 aliphatic heterocycles. The number of thioether (sulfide) groups is 1. The summed E-state index contributed by atoms with van der Waals surface area (Å²) >= 11 is 7.25. The summed E-state index contributed by atoms with van der Waals surface area (Å²) in [4.78, 5) is 13.4. The maximum atomic E-state index is 13.0. The summed E-state index contributed by atoms with van der Waals surface area (Å²) in [6, 6.07) is 15.0. The lowest BCUT2D eigenvalue weighted by Crippen LogP contribution is -2.42. The van der Waals surface area contributed by atoms with Crippen LogP contribution in [0.1, 0.15) is 64.0 Å². The van der Waals surface area contributed by atoms with Gasteiger partial charge in [-0.1, -0.05) is 49.5 Å². The predicted octanol–water partition coefficient (Wildman–Crippen LogP) is 5.33. The molecule has 0 radical (unpaired) electrons. The first-order valence-corrected chi connectivity index (χ1v) is 19.1. The zero-order valence-corrected chi connectivity index (χ0v) is 28.9. The van der Waals surface area contributed by atoms with Gasteiger partial charge in [0.15, 0.2) is 0 Å². The fourth-order valence-electron chi connectivity index (χ4n) is 6.98. The highest BCUT2D eigenvalue weighted by atomic mass is 32.2. The molecule has 12 heteroatoms. The van der Waals surface area contributed by atoms with Crippen molar-refractivity contribution in [3.05, 3.63) is 66.6 Å². The number of rotatable bonds is 11. The van der Waals surface area contributed by atoms with Crippen LogP contribution in [0.2, 0.25) is 0 Å². The van der Waals surface area contributed by atoms with Crippen LogP contribution in [0.3, 0.4) is 0 Å². The SMILES string of the molecule is C=C1N[C@H]2[C@H](CS[C@H]2CCCCC(=O)Nc2ccc3c(-c4cccc(C(N)=S)c4)cn(C4CCN(S(=O)(=O)C(C)C)CC4)c3c2)N1. The van der Waals surface area contributed by atoms with Crippen molar-refractivity contribution in [2.75, 3.05) is 24.2 Å². The summed E-state index contributed by atoms with van der Waals surface area (Å²) in [6.45, 7) is 8.43. The molecule has 3 saturated heterocycles. The number of unbranched alkanes of at least 4 members (excludes halogenated alkanes) is 1. The number of aromatic nitrogens is 1. The number of sulfonamides is 1. The number of carbonyl (C=O) groups excluding carboxylic acids is 1. The lowest BCUT2D eigenvalue weighted by Gasteiger charge is -2.33. The Morgan fingerprint density at radius 3 is 2.67 bits per heavy atom. The number of nitrogens with one attached hydrogen (secondary N) is 3. The largest absolute Gasteiger partial charge is 0.389 e. The van der Waals surface area contributed by atoms with E-state index in [0.717, 1.165) is 64.1 Å². The Morgan fingerprint density at radius 1 is 1.15 bits per heavy atom. The molecule has 5 N–H and O–H groups in total. The van der Waals surface area contributed by atoms with Crippen molar-refractivity contribution in [1.82, 2.24) is 19.5 Å². The number of anilines is 1. The first kappa shape index (κ1) is 32.9. The van der Waals surface area contributed by atoms with Crippen molar-refractivity contribution in [3.63, 3.8) is 0 Å². The Bertz CT molecular complexity index is 1750. The molecule has 46 heavy (non-hydrogen) atoms. The van der Waals surface area contributed by atoms with Crippen LogP contribution in [-0.4, -0.2) is 69.6 Å². The van der Waals surface area contributed by atoms with E-state index < -0.39 is 15.3 Å². The number of amides is 1. The minimum atomic E-state index is -3.30. The lowest BCUT2D eigenvalue weighted by atomic mass is 10.0. The Kier molecular flexibility index (Phi) is 9.70. The third-order valence-electron chi connectivity index (χ3n) is 9.52. The normalized spacial score (nSPS) is 22.2. The van der Waals surface area contributed by atoms with Crippen LogP contribution in [0.5, 0.6) is 0 Å². The Morgan fingerprint density at radius 2 is 1.93 bits per heavy atom. The highest BCUT2D eigenvalue weighted by Gasteiger charge is 2.40. The second kappa shape index (κ2) is 13.6.